The molecule has 0 bridgehead atoms. The second kappa shape index (κ2) is 8.97. The van der Waals surface area contributed by atoms with Crippen molar-refractivity contribution in [3.05, 3.63) is 71.5 Å². The molecule has 0 saturated heterocycles. The summed E-state index contributed by atoms with van der Waals surface area (Å²) in [5.41, 5.74) is 1.66. The number of carboxylic acid groups (broad SMARTS) is 1. The maximum absolute atomic E-state index is 13.2. The zero-order valence-corrected chi connectivity index (χ0v) is 14.1. The number of hydrogen-bond donors (Lipinski definition) is 2. The first-order chi connectivity index (χ1) is 12.0. The Morgan fingerprint density at radius 1 is 1.12 bits per heavy atom. The van der Waals surface area contributed by atoms with Gasteiger partial charge in [0, 0.05) is 13.0 Å². The summed E-state index contributed by atoms with van der Waals surface area (Å²) in [5.74, 6) is -2.35. The highest BCUT2D eigenvalue weighted by Crippen LogP contribution is 2.19. The average molecular weight is 343 g/mol. The van der Waals surface area contributed by atoms with Crippen LogP contribution in [0.25, 0.3) is 0 Å². The molecule has 1 amide bonds. The van der Waals surface area contributed by atoms with Gasteiger partial charge in [0.05, 0.1) is 5.92 Å². The van der Waals surface area contributed by atoms with E-state index < -0.39 is 11.9 Å². The lowest BCUT2D eigenvalue weighted by Crippen LogP contribution is -2.34. The van der Waals surface area contributed by atoms with Crippen LogP contribution < -0.4 is 5.32 Å². The molecule has 132 valence electrons. The second-order valence-electron chi connectivity index (χ2n) is 6.19. The summed E-state index contributed by atoms with van der Waals surface area (Å²) in [6.45, 7) is 1.91. The van der Waals surface area contributed by atoms with E-state index >= 15 is 0 Å². The third kappa shape index (κ3) is 6.03. The average Bonchev–Trinajstić information content (AvgIpc) is 2.59. The van der Waals surface area contributed by atoms with Gasteiger partial charge in [-0.3, -0.25) is 9.59 Å². The minimum Gasteiger partial charge on any atom is -0.481 e. The molecule has 2 unspecified atom stereocenters. The van der Waals surface area contributed by atoms with E-state index in [4.69, 9.17) is 0 Å². The third-order valence-corrected chi connectivity index (χ3v) is 4.13. The van der Waals surface area contributed by atoms with Gasteiger partial charge in [-0.2, -0.15) is 0 Å². The molecule has 0 aliphatic rings. The molecule has 2 aromatic carbocycles. The molecular formula is C20H22FNO3. The van der Waals surface area contributed by atoms with Gasteiger partial charge in [0.25, 0.3) is 0 Å². The van der Waals surface area contributed by atoms with Gasteiger partial charge in [-0.05, 0) is 35.6 Å². The molecule has 4 nitrogen and oxygen atoms in total. The Kier molecular flexibility index (Phi) is 6.69. The maximum Gasteiger partial charge on any atom is 0.308 e. The molecular weight excluding hydrogens is 321 g/mol. The molecule has 2 atom stereocenters. The first kappa shape index (κ1) is 18.6. The van der Waals surface area contributed by atoms with Gasteiger partial charge in [-0.15, -0.1) is 0 Å². The number of carbonyl (C=O) groups is 2. The van der Waals surface area contributed by atoms with Crippen molar-refractivity contribution < 1.29 is 19.1 Å². The van der Waals surface area contributed by atoms with E-state index in [1.54, 1.807) is 12.1 Å². The fraction of sp³-hybridized carbons (Fsp3) is 0.300. The minimum atomic E-state index is -0.942. The topological polar surface area (TPSA) is 66.4 Å². The van der Waals surface area contributed by atoms with Crippen LogP contribution in [0.5, 0.6) is 0 Å². The number of benzene rings is 2. The smallest absolute Gasteiger partial charge is 0.308 e. The number of carbonyl (C=O) groups excluding carboxylic acids is 1. The zero-order valence-electron chi connectivity index (χ0n) is 14.1. The Balaban J connectivity index is 1.87. The van der Waals surface area contributed by atoms with Crippen molar-refractivity contribution in [2.45, 2.75) is 25.7 Å². The second-order valence-corrected chi connectivity index (χ2v) is 6.19. The Morgan fingerprint density at radius 3 is 2.48 bits per heavy atom. The van der Waals surface area contributed by atoms with E-state index in [0.29, 0.717) is 6.42 Å². The zero-order chi connectivity index (χ0) is 18.2. The van der Waals surface area contributed by atoms with Crippen molar-refractivity contribution in [1.29, 1.82) is 0 Å². The van der Waals surface area contributed by atoms with Crippen LogP contribution in [0.2, 0.25) is 0 Å². The molecule has 0 spiro atoms. The lowest BCUT2D eigenvalue weighted by atomic mass is 9.96. The molecule has 0 radical (unpaired) electrons. The number of carboxylic acids is 1. The lowest BCUT2D eigenvalue weighted by molar-refractivity contribution is -0.141. The summed E-state index contributed by atoms with van der Waals surface area (Å²) in [4.78, 5) is 23.5. The molecule has 0 heterocycles. The van der Waals surface area contributed by atoms with Crippen molar-refractivity contribution in [1.82, 2.24) is 5.32 Å². The van der Waals surface area contributed by atoms with Gasteiger partial charge in [0.1, 0.15) is 5.82 Å². The van der Waals surface area contributed by atoms with E-state index in [0.717, 1.165) is 11.1 Å². The molecule has 0 fully saturated rings. The standard InChI is InChI=1S/C20H22FNO3/c1-14(16-8-5-9-18(21)12-16)10-19(23)22-13-17(20(24)25)11-15-6-3-2-4-7-15/h2-9,12,14,17H,10-11,13H2,1H3,(H,22,23)(H,24,25). The van der Waals surface area contributed by atoms with Crippen LogP contribution in [0.15, 0.2) is 54.6 Å². The molecule has 2 rings (SSSR count). The molecule has 25 heavy (non-hydrogen) atoms. The van der Waals surface area contributed by atoms with E-state index in [1.165, 1.54) is 12.1 Å². The fourth-order valence-corrected chi connectivity index (χ4v) is 2.66. The monoisotopic (exact) mass is 343 g/mol. The molecule has 0 saturated carbocycles. The summed E-state index contributed by atoms with van der Waals surface area (Å²) in [5, 5.41) is 12.0. The SMILES string of the molecule is CC(CC(=O)NCC(Cc1ccccc1)C(=O)O)c1cccc(F)c1. The van der Waals surface area contributed by atoms with Crippen molar-refractivity contribution >= 4 is 11.9 Å². The largest absolute Gasteiger partial charge is 0.481 e. The van der Waals surface area contributed by atoms with Crippen LogP contribution in [-0.2, 0) is 16.0 Å². The number of hydrogen-bond acceptors (Lipinski definition) is 2. The van der Waals surface area contributed by atoms with Gasteiger partial charge < -0.3 is 10.4 Å². The fourth-order valence-electron chi connectivity index (χ4n) is 2.66. The van der Waals surface area contributed by atoms with Crippen LogP contribution in [-0.4, -0.2) is 23.5 Å². The van der Waals surface area contributed by atoms with E-state index in [2.05, 4.69) is 5.32 Å². The van der Waals surface area contributed by atoms with Crippen molar-refractivity contribution in [2.75, 3.05) is 6.54 Å². The van der Waals surface area contributed by atoms with Gasteiger partial charge >= 0.3 is 5.97 Å². The number of rotatable bonds is 8. The maximum atomic E-state index is 13.2. The predicted molar refractivity (Wildman–Crippen MR) is 93.7 cm³/mol. The van der Waals surface area contributed by atoms with Crippen LogP contribution in [0.1, 0.15) is 30.4 Å². The Morgan fingerprint density at radius 2 is 1.84 bits per heavy atom. The van der Waals surface area contributed by atoms with Crippen molar-refractivity contribution in [3.8, 4) is 0 Å². The summed E-state index contributed by atoms with van der Waals surface area (Å²) in [6.07, 6.45) is 0.539. The first-order valence-electron chi connectivity index (χ1n) is 8.24. The van der Waals surface area contributed by atoms with E-state index in [9.17, 15) is 19.1 Å². The number of halogens is 1. The number of amides is 1. The highest BCUT2D eigenvalue weighted by molar-refractivity contribution is 5.78. The van der Waals surface area contributed by atoms with Crippen molar-refractivity contribution in [2.24, 2.45) is 5.92 Å². The Labute approximate surface area is 146 Å². The molecule has 2 aromatic rings. The molecule has 0 aliphatic heterocycles. The van der Waals surface area contributed by atoms with Crippen LogP contribution in [0, 0.1) is 11.7 Å². The number of aliphatic carboxylic acids is 1. The lowest BCUT2D eigenvalue weighted by Gasteiger charge is -2.16. The number of nitrogens with one attached hydrogen (secondary N) is 1. The van der Waals surface area contributed by atoms with Crippen LogP contribution >= 0.6 is 0 Å². The van der Waals surface area contributed by atoms with Gasteiger partial charge in [-0.25, -0.2) is 4.39 Å². The Bertz CT molecular complexity index is 718. The highest BCUT2D eigenvalue weighted by Gasteiger charge is 2.20. The quantitative estimate of drug-likeness (QED) is 0.772. The molecule has 5 heteroatoms. The first-order valence-corrected chi connectivity index (χ1v) is 8.24. The van der Waals surface area contributed by atoms with Gasteiger partial charge in [0.2, 0.25) is 5.91 Å². The third-order valence-electron chi connectivity index (χ3n) is 4.13. The normalized spacial score (nSPS) is 13.0. The molecule has 2 N–H and O–H groups in total. The highest BCUT2D eigenvalue weighted by atomic mass is 19.1. The predicted octanol–water partition coefficient (Wildman–Crippen LogP) is 3.38. The van der Waals surface area contributed by atoms with Crippen LogP contribution in [0.3, 0.4) is 0 Å². The summed E-state index contributed by atoms with van der Waals surface area (Å²) < 4.78 is 13.2. The summed E-state index contributed by atoms with van der Waals surface area (Å²) in [6, 6.07) is 15.5. The summed E-state index contributed by atoms with van der Waals surface area (Å²) >= 11 is 0. The van der Waals surface area contributed by atoms with E-state index in [1.807, 2.05) is 37.3 Å². The van der Waals surface area contributed by atoms with Gasteiger partial charge in [-0.1, -0.05) is 49.4 Å². The summed E-state index contributed by atoms with van der Waals surface area (Å²) in [7, 11) is 0. The minimum absolute atomic E-state index is 0.0684. The van der Waals surface area contributed by atoms with Gasteiger partial charge in [0.15, 0.2) is 0 Å². The molecule has 0 aliphatic carbocycles. The van der Waals surface area contributed by atoms with Crippen LogP contribution in [0.4, 0.5) is 4.39 Å². The van der Waals surface area contributed by atoms with Crippen molar-refractivity contribution in [3.63, 3.8) is 0 Å². The Hall–Kier alpha value is -2.69. The van der Waals surface area contributed by atoms with E-state index in [-0.39, 0.29) is 30.6 Å². The molecule has 0 aromatic heterocycles.